The van der Waals surface area contributed by atoms with Crippen LogP contribution in [0.2, 0.25) is 0 Å². The molecule has 0 aliphatic heterocycles. The largest absolute Gasteiger partial charge is 0.457 e. The van der Waals surface area contributed by atoms with Gasteiger partial charge >= 0.3 is 5.97 Å². The summed E-state index contributed by atoms with van der Waals surface area (Å²) in [6, 6.07) is 15.4. The number of hydrogen-bond donors (Lipinski definition) is 1. The fraction of sp³-hybridized carbons (Fsp3) is 0.273. The summed E-state index contributed by atoms with van der Waals surface area (Å²) in [7, 11) is 0. The molecule has 5 heteroatoms. The van der Waals surface area contributed by atoms with Gasteiger partial charge in [0.1, 0.15) is 5.60 Å². The van der Waals surface area contributed by atoms with Gasteiger partial charge in [-0.25, -0.2) is 4.79 Å². The van der Waals surface area contributed by atoms with Gasteiger partial charge in [0.05, 0.1) is 0 Å². The highest BCUT2D eigenvalue weighted by Crippen LogP contribution is 2.23. The van der Waals surface area contributed by atoms with Crippen molar-refractivity contribution in [2.24, 2.45) is 0 Å². The zero-order valence-electron chi connectivity index (χ0n) is 15.8. The second kappa shape index (κ2) is 9.51. The van der Waals surface area contributed by atoms with Crippen molar-refractivity contribution in [3.8, 4) is 0 Å². The Hall–Kier alpha value is -2.40. The van der Waals surface area contributed by atoms with Gasteiger partial charge in [-0.05, 0) is 62.6 Å². The minimum Gasteiger partial charge on any atom is -0.457 e. The molecule has 27 heavy (non-hydrogen) atoms. The summed E-state index contributed by atoms with van der Waals surface area (Å²) < 4.78 is 6.13. The summed E-state index contributed by atoms with van der Waals surface area (Å²) in [5.74, 6) is -0.503. The first-order chi connectivity index (χ1) is 12.7. The van der Waals surface area contributed by atoms with Crippen LogP contribution in [0.4, 0.5) is 5.69 Å². The fourth-order valence-electron chi connectivity index (χ4n) is 2.39. The average Bonchev–Trinajstić information content (AvgIpc) is 2.59. The Morgan fingerprint density at radius 1 is 1.11 bits per heavy atom. The van der Waals surface area contributed by atoms with Gasteiger partial charge in [0.15, 0.2) is 0 Å². The normalized spacial score (nSPS) is 11.4. The van der Waals surface area contributed by atoms with Crippen molar-refractivity contribution in [2.75, 3.05) is 5.32 Å². The minimum absolute atomic E-state index is 0.0758. The van der Waals surface area contributed by atoms with E-state index in [0.29, 0.717) is 18.5 Å². The second-order valence-electron chi connectivity index (χ2n) is 7.13. The lowest BCUT2D eigenvalue weighted by Gasteiger charge is -2.18. The van der Waals surface area contributed by atoms with E-state index in [4.69, 9.17) is 4.74 Å². The topological polar surface area (TPSA) is 55.4 Å². The highest BCUT2D eigenvalue weighted by atomic mass is 79.9. The molecule has 2 rings (SSSR count). The van der Waals surface area contributed by atoms with Crippen molar-refractivity contribution in [1.82, 2.24) is 0 Å². The van der Waals surface area contributed by atoms with Crippen molar-refractivity contribution < 1.29 is 14.3 Å². The minimum atomic E-state index is -0.548. The Bertz CT molecular complexity index is 823. The Kier molecular flexibility index (Phi) is 7.36. The molecule has 1 N–H and O–H groups in total. The number of nitrogens with one attached hydrogen (secondary N) is 1. The van der Waals surface area contributed by atoms with Crippen LogP contribution in [0, 0.1) is 0 Å². The number of aryl methyl sites for hydroxylation is 1. The van der Waals surface area contributed by atoms with Crippen molar-refractivity contribution >= 4 is 39.6 Å². The first kappa shape index (κ1) is 20.9. The van der Waals surface area contributed by atoms with Crippen molar-refractivity contribution in [1.29, 1.82) is 0 Å². The van der Waals surface area contributed by atoms with E-state index in [1.54, 1.807) is 12.1 Å². The lowest BCUT2D eigenvalue weighted by atomic mass is 10.1. The van der Waals surface area contributed by atoms with Gasteiger partial charge in [-0.1, -0.05) is 46.3 Å². The predicted octanol–water partition coefficient (Wildman–Crippen LogP) is 5.38. The molecule has 0 heterocycles. The van der Waals surface area contributed by atoms with E-state index in [1.165, 1.54) is 6.08 Å². The summed E-state index contributed by atoms with van der Waals surface area (Å²) in [5.41, 5.74) is 1.94. The Morgan fingerprint density at radius 3 is 2.48 bits per heavy atom. The molecule has 0 radical (unpaired) electrons. The molecular formula is C22H24BrNO3. The number of carbonyl (C=O) groups excluding carboxylic acids is 2. The lowest BCUT2D eigenvalue weighted by Crippen LogP contribution is -2.22. The first-order valence-corrected chi connectivity index (χ1v) is 9.56. The summed E-state index contributed by atoms with van der Waals surface area (Å²) in [4.78, 5) is 24.2. The van der Waals surface area contributed by atoms with Crippen LogP contribution < -0.4 is 5.32 Å². The highest BCUT2D eigenvalue weighted by Gasteiger charge is 2.14. The molecule has 2 aromatic rings. The third-order valence-corrected chi connectivity index (χ3v) is 4.07. The maximum atomic E-state index is 12.3. The van der Waals surface area contributed by atoms with Crippen LogP contribution in [0.3, 0.4) is 0 Å². The SMILES string of the molecule is CC(C)(C)OC(=O)/C=C/c1cc(Br)ccc1NC(=O)CCc1ccccc1. The molecule has 2 aromatic carbocycles. The van der Waals surface area contributed by atoms with E-state index in [-0.39, 0.29) is 5.91 Å². The number of halogens is 1. The number of esters is 1. The first-order valence-electron chi connectivity index (χ1n) is 8.77. The van der Waals surface area contributed by atoms with Crippen molar-refractivity contribution in [2.45, 2.75) is 39.2 Å². The van der Waals surface area contributed by atoms with Gasteiger partial charge in [0, 0.05) is 22.7 Å². The third-order valence-electron chi connectivity index (χ3n) is 3.58. The monoisotopic (exact) mass is 429 g/mol. The Morgan fingerprint density at radius 2 is 1.81 bits per heavy atom. The molecule has 0 spiro atoms. The van der Waals surface area contributed by atoms with Crippen LogP contribution >= 0.6 is 15.9 Å². The number of ether oxygens (including phenoxy) is 1. The zero-order chi connectivity index (χ0) is 19.9. The predicted molar refractivity (Wildman–Crippen MR) is 112 cm³/mol. The van der Waals surface area contributed by atoms with Gasteiger partial charge in [-0.3, -0.25) is 4.79 Å². The van der Waals surface area contributed by atoms with Crippen molar-refractivity contribution in [3.05, 3.63) is 70.2 Å². The highest BCUT2D eigenvalue weighted by molar-refractivity contribution is 9.10. The second-order valence-corrected chi connectivity index (χ2v) is 8.05. The molecule has 0 saturated heterocycles. The molecule has 0 aromatic heterocycles. The smallest absolute Gasteiger partial charge is 0.331 e. The summed E-state index contributed by atoms with van der Waals surface area (Å²) in [6.45, 7) is 5.45. The summed E-state index contributed by atoms with van der Waals surface area (Å²) >= 11 is 3.42. The molecule has 0 atom stereocenters. The van der Waals surface area contributed by atoms with Crippen LogP contribution in [0.25, 0.3) is 6.08 Å². The van der Waals surface area contributed by atoms with Gasteiger partial charge in [0.25, 0.3) is 0 Å². The molecule has 0 fully saturated rings. The van der Waals surface area contributed by atoms with Gasteiger partial charge in [0.2, 0.25) is 5.91 Å². The average molecular weight is 430 g/mol. The van der Waals surface area contributed by atoms with Crippen LogP contribution in [-0.4, -0.2) is 17.5 Å². The number of rotatable bonds is 6. The van der Waals surface area contributed by atoms with E-state index >= 15 is 0 Å². The number of anilines is 1. The fourth-order valence-corrected chi connectivity index (χ4v) is 2.77. The van der Waals surface area contributed by atoms with Crippen LogP contribution in [0.15, 0.2) is 59.1 Å². The summed E-state index contributed by atoms with van der Waals surface area (Å²) in [5, 5.41) is 2.92. The number of amides is 1. The molecule has 0 unspecified atom stereocenters. The molecule has 0 aliphatic rings. The van der Waals surface area contributed by atoms with E-state index in [2.05, 4.69) is 21.2 Å². The number of benzene rings is 2. The van der Waals surface area contributed by atoms with Crippen LogP contribution in [-0.2, 0) is 20.7 Å². The zero-order valence-corrected chi connectivity index (χ0v) is 17.4. The Balaban J connectivity index is 2.04. The number of carbonyl (C=O) groups is 2. The number of hydrogen-bond acceptors (Lipinski definition) is 3. The van der Waals surface area contributed by atoms with Crippen LogP contribution in [0.5, 0.6) is 0 Å². The van der Waals surface area contributed by atoms with Crippen molar-refractivity contribution in [3.63, 3.8) is 0 Å². The Labute approximate surface area is 168 Å². The van der Waals surface area contributed by atoms with Gasteiger partial charge < -0.3 is 10.1 Å². The molecule has 0 bridgehead atoms. The third kappa shape index (κ3) is 7.79. The lowest BCUT2D eigenvalue weighted by molar-refractivity contribution is -0.148. The molecular weight excluding hydrogens is 406 g/mol. The molecule has 0 saturated carbocycles. The molecule has 0 aliphatic carbocycles. The maximum absolute atomic E-state index is 12.3. The van der Waals surface area contributed by atoms with E-state index in [0.717, 1.165) is 15.6 Å². The standard InChI is InChI=1S/C22H24BrNO3/c1-22(2,3)27-21(26)14-10-17-15-18(23)11-12-19(17)24-20(25)13-9-16-7-5-4-6-8-16/h4-8,10-12,14-15H,9,13H2,1-3H3,(H,24,25)/b14-10+. The van der Waals surface area contributed by atoms with Gasteiger partial charge in [-0.2, -0.15) is 0 Å². The summed E-state index contributed by atoms with van der Waals surface area (Å²) in [6.07, 6.45) is 4.07. The van der Waals surface area contributed by atoms with E-state index < -0.39 is 11.6 Å². The molecule has 1 amide bonds. The maximum Gasteiger partial charge on any atom is 0.331 e. The molecule has 142 valence electrons. The van der Waals surface area contributed by atoms with Gasteiger partial charge in [-0.15, -0.1) is 0 Å². The molecule has 4 nitrogen and oxygen atoms in total. The van der Waals surface area contributed by atoms with E-state index in [9.17, 15) is 9.59 Å². The van der Waals surface area contributed by atoms with E-state index in [1.807, 2.05) is 63.2 Å². The van der Waals surface area contributed by atoms with Crippen LogP contribution in [0.1, 0.15) is 38.3 Å². The quantitative estimate of drug-likeness (QED) is 0.495.